The number of hydrogen-bond acceptors (Lipinski definition) is 1. The van der Waals surface area contributed by atoms with Crippen molar-refractivity contribution in [3.8, 4) is 0 Å². The number of rotatable bonds is 2. The summed E-state index contributed by atoms with van der Waals surface area (Å²) in [5, 5.41) is 9.51. The minimum absolute atomic E-state index is 0. The van der Waals surface area contributed by atoms with Gasteiger partial charge in [-0.3, -0.25) is 0 Å². The quantitative estimate of drug-likeness (QED) is 0.576. The topological polar surface area (TPSA) is 20.2 Å². The standard InChI is InChI=1S/C5H14AsO.BrH/c1-6(2,3)4-5-7;/h7H,4-5H2,1-3H3;1H/q+1;/p-1. The fourth-order valence-electron chi connectivity index (χ4n) is 0.300. The minimum atomic E-state index is -1.19. The van der Waals surface area contributed by atoms with Crippen LogP contribution in [0.15, 0.2) is 0 Å². The summed E-state index contributed by atoms with van der Waals surface area (Å²) in [7, 11) is 0. The third-order valence-electron chi connectivity index (χ3n) is 0.771. The fraction of sp³-hybridized carbons (Fsp3) is 1.00. The van der Waals surface area contributed by atoms with Gasteiger partial charge in [-0.15, -0.1) is 0 Å². The van der Waals surface area contributed by atoms with Crippen molar-refractivity contribution in [3.63, 3.8) is 0 Å². The molecule has 0 aliphatic heterocycles. The molecule has 0 spiro atoms. The van der Waals surface area contributed by atoms with E-state index in [1.165, 1.54) is 0 Å². The summed E-state index contributed by atoms with van der Waals surface area (Å²) in [4.78, 5) is 0. The maximum atomic E-state index is 8.44. The van der Waals surface area contributed by atoms with Crippen molar-refractivity contribution in [2.24, 2.45) is 0 Å². The monoisotopic (exact) mass is 244 g/mol. The van der Waals surface area contributed by atoms with Gasteiger partial charge in [0.1, 0.15) is 0 Å². The first kappa shape index (κ1) is 11.8. The van der Waals surface area contributed by atoms with Crippen molar-refractivity contribution in [1.29, 1.82) is 0 Å². The maximum Gasteiger partial charge on any atom is -1.00 e. The number of aliphatic hydroxyl groups is 1. The Kier molecular flexibility index (Phi) is 7.11. The zero-order valence-electron chi connectivity index (χ0n) is 5.69. The van der Waals surface area contributed by atoms with Crippen LogP contribution >= 0.6 is 0 Å². The van der Waals surface area contributed by atoms with E-state index in [1.807, 2.05) is 0 Å². The average Bonchev–Trinajstić information content (AvgIpc) is 1.30. The van der Waals surface area contributed by atoms with Gasteiger partial charge in [0.25, 0.3) is 0 Å². The van der Waals surface area contributed by atoms with E-state index in [0.29, 0.717) is 6.61 Å². The molecule has 0 amide bonds. The van der Waals surface area contributed by atoms with Gasteiger partial charge in [-0.2, -0.15) is 0 Å². The SMILES string of the molecule is C[As+](C)(C)CCO.[Br-]. The molecular formula is C5H14AsBrO. The molecule has 8 heavy (non-hydrogen) atoms. The van der Waals surface area contributed by atoms with Crippen molar-refractivity contribution in [2.75, 3.05) is 6.61 Å². The molecule has 52 valence electrons. The number of aliphatic hydroxyl groups excluding tert-OH is 1. The van der Waals surface area contributed by atoms with Crippen LogP contribution in [0.5, 0.6) is 0 Å². The van der Waals surface area contributed by atoms with Crippen LogP contribution in [0.3, 0.4) is 0 Å². The largest absolute Gasteiger partial charge is 1.00 e. The van der Waals surface area contributed by atoms with Crippen LogP contribution in [0.4, 0.5) is 0 Å². The van der Waals surface area contributed by atoms with E-state index in [1.54, 1.807) is 0 Å². The summed E-state index contributed by atoms with van der Waals surface area (Å²) in [5.74, 6) is 0. The van der Waals surface area contributed by atoms with Crippen molar-refractivity contribution in [3.05, 3.63) is 0 Å². The molecule has 0 heterocycles. The first-order valence-electron chi connectivity index (χ1n) is 2.47. The zero-order valence-corrected chi connectivity index (χ0v) is 9.15. The van der Waals surface area contributed by atoms with Gasteiger partial charge in [0.2, 0.25) is 0 Å². The van der Waals surface area contributed by atoms with E-state index >= 15 is 0 Å². The molecule has 3 heteroatoms. The molecule has 0 aliphatic rings. The Labute approximate surface area is 64.7 Å². The Hall–Kier alpha value is 0.998. The molecule has 0 atom stereocenters. The molecule has 0 radical (unpaired) electrons. The molecule has 0 aromatic rings. The third kappa shape index (κ3) is 10.1. The molecule has 0 saturated carbocycles. The molecule has 0 fully saturated rings. The van der Waals surface area contributed by atoms with Gasteiger partial charge in [-0.1, -0.05) is 0 Å². The summed E-state index contributed by atoms with van der Waals surface area (Å²) in [6, 6.07) is 0. The smallest absolute Gasteiger partial charge is 1.00 e. The van der Waals surface area contributed by atoms with Crippen molar-refractivity contribution in [1.82, 2.24) is 0 Å². The van der Waals surface area contributed by atoms with Crippen LogP contribution < -0.4 is 17.0 Å². The molecule has 0 aromatic heterocycles. The van der Waals surface area contributed by atoms with Crippen molar-refractivity contribution >= 4 is 13.6 Å². The molecule has 0 unspecified atom stereocenters. The van der Waals surface area contributed by atoms with Gasteiger partial charge >= 0.3 is 47.6 Å². The Morgan fingerprint density at radius 3 is 1.62 bits per heavy atom. The summed E-state index contributed by atoms with van der Waals surface area (Å²) >= 11 is -1.19. The maximum absolute atomic E-state index is 8.44. The van der Waals surface area contributed by atoms with E-state index in [2.05, 4.69) is 17.1 Å². The first-order chi connectivity index (χ1) is 3.06. The molecular weight excluding hydrogens is 231 g/mol. The van der Waals surface area contributed by atoms with Gasteiger partial charge in [0.05, 0.1) is 0 Å². The predicted octanol–water partition coefficient (Wildman–Crippen LogP) is -1.68. The van der Waals surface area contributed by atoms with E-state index in [0.717, 1.165) is 5.21 Å². The first-order valence-corrected chi connectivity index (χ1v) is 9.43. The second-order valence-electron chi connectivity index (χ2n) is 2.74. The van der Waals surface area contributed by atoms with E-state index in [9.17, 15) is 0 Å². The predicted molar refractivity (Wildman–Crippen MR) is 35.2 cm³/mol. The summed E-state index contributed by atoms with van der Waals surface area (Å²) in [6.45, 7) is 0.385. The molecule has 0 bridgehead atoms. The number of hydrogen-bond donors (Lipinski definition) is 1. The second kappa shape index (κ2) is 4.84. The van der Waals surface area contributed by atoms with Gasteiger partial charge in [0, 0.05) is 0 Å². The van der Waals surface area contributed by atoms with Crippen LogP contribution in [-0.4, -0.2) is 25.3 Å². The Morgan fingerprint density at radius 1 is 1.25 bits per heavy atom. The Bertz CT molecular complexity index is 50.9. The summed E-state index contributed by atoms with van der Waals surface area (Å²) < 4.78 is 0. The average molecular weight is 245 g/mol. The Balaban J connectivity index is 0. The van der Waals surface area contributed by atoms with E-state index < -0.39 is 13.6 Å². The normalized spacial score (nSPS) is 10.5. The fourth-order valence-corrected chi connectivity index (χ4v) is 1.56. The van der Waals surface area contributed by atoms with Gasteiger partial charge in [-0.25, -0.2) is 0 Å². The van der Waals surface area contributed by atoms with Crippen LogP contribution in [0.2, 0.25) is 22.3 Å². The van der Waals surface area contributed by atoms with Gasteiger partial charge in [0.15, 0.2) is 0 Å². The van der Waals surface area contributed by atoms with E-state index in [4.69, 9.17) is 5.11 Å². The van der Waals surface area contributed by atoms with Crippen LogP contribution in [0.1, 0.15) is 0 Å². The summed E-state index contributed by atoms with van der Waals surface area (Å²) in [6.07, 6.45) is 0. The molecule has 1 nitrogen and oxygen atoms in total. The Morgan fingerprint density at radius 2 is 1.62 bits per heavy atom. The van der Waals surface area contributed by atoms with Crippen LogP contribution in [-0.2, 0) is 0 Å². The summed E-state index contributed by atoms with van der Waals surface area (Å²) in [5.41, 5.74) is 6.86. The third-order valence-corrected chi connectivity index (χ3v) is 4.01. The second-order valence-corrected chi connectivity index (χ2v) is 13.3. The molecule has 0 aliphatic carbocycles. The molecule has 0 aromatic carbocycles. The van der Waals surface area contributed by atoms with E-state index in [-0.39, 0.29) is 17.0 Å². The van der Waals surface area contributed by atoms with Crippen LogP contribution in [0, 0.1) is 0 Å². The molecule has 0 saturated heterocycles. The molecule has 1 N–H and O–H groups in total. The van der Waals surface area contributed by atoms with Gasteiger partial charge in [-0.05, 0) is 0 Å². The number of halogens is 1. The minimum Gasteiger partial charge on any atom is -1.00 e. The van der Waals surface area contributed by atoms with Gasteiger partial charge < -0.3 is 17.0 Å². The zero-order chi connectivity index (χ0) is 5.91. The molecule has 0 rings (SSSR count). The van der Waals surface area contributed by atoms with Crippen molar-refractivity contribution in [2.45, 2.75) is 22.3 Å². The van der Waals surface area contributed by atoms with Crippen molar-refractivity contribution < 1.29 is 22.1 Å². The van der Waals surface area contributed by atoms with Crippen LogP contribution in [0.25, 0.3) is 0 Å².